The summed E-state index contributed by atoms with van der Waals surface area (Å²) in [5, 5.41) is 9.05. The van der Waals surface area contributed by atoms with Crippen molar-refractivity contribution in [2.75, 3.05) is 16.8 Å². The minimum absolute atomic E-state index is 0.00969. The Balaban J connectivity index is 1.79. The quantitative estimate of drug-likeness (QED) is 0.635. The molecule has 1 fully saturated rings. The zero-order valence-corrected chi connectivity index (χ0v) is 18.1. The number of hydrogen-bond acceptors (Lipinski definition) is 4. The molecular formula is C22H17F3N4O2S. The number of hydrogen-bond donors (Lipinski definition) is 0. The molecule has 2 aliphatic rings. The number of carbonyl (C=O) groups excluding carboxylic acids is 2. The molecule has 0 atom stereocenters. The predicted octanol–water partition coefficient (Wildman–Crippen LogP) is 4.08. The monoisotopic (exact) mass is 458 g/mol. The van der Waals surface area contributed by atoms with Gasteiger partial charge in [-0.05, 0) is 68.0 Å². The number of carbonyl (C=O) groups is 2. The number of amides is 2. The van der Waals surface area contributed by atoms with Crippen LogP contribution in [0.1, 0.15) is 40.9 Å². The Morgan fingerprint density at radius 2 is 1.75 bits per heavy atom. The van der Waals surface area contributed by atoms with E-state index in [0.717, 1.165) is 22.6 Å². The molecule has 32 heavy (non-hydrogen) atoms. The molecule has 0 radical (unpaired) electrons. The van der Waals surface area contributed by atoms with E-state index in [9.17, 15) is 22.8 Å². The Kier molecular flexibility index (Phi) is 4.78. The van der Waals surface area contributed by atoms with Crippen LogP contribution in [0.5, 0.6) is 0 Å². The first-order valence-corrected chi connectivity index (χ1v) is 9.97. The number of rotatable bonds is 2. The maximum absolute atomic E-state index is 13.5. The van der Waals surface area contributed by atoms with Crippen molar-refractivity contribution < 1.29 is 22.8 Å². The highest BCUT2D eigenvalue weighted by atomic mass is 32.1. The van der Waals surface area contributed by atoms with E-state index >= 15 is 0 Å². The number of benzene rings is 2. The Morgan fingerprint density at radius 1 is 1.09 bits per heavy atom. The van der Waals surface area contributed by atoms with Crippen LogP contribution in [0, 0.1) is 11.3 Å². The largest absolute Gasteiger partial charge is 0.417 e. The average Bonchev–Trinajstić information content (AvgIpc) is 3.09. The van der Waals surface area contributed by atoms with Crippen molar-refractivity contribution >= 4 is 40.5 Å². The van der Waals surface area contributed by atoms with Crippen LogP contribution in [-0.4, -0.2) is 34.4 Å². The van der Waals surface area contributed by atoms with Gasteiger partial charge in [0.15, 0.2) is 5.11 Å². The molecule has 2 aliphatic heterocycles. The van der Waals surface area contributed by atoms with E-state index in [0.29, 0.717) is 17.8 Å². The summed E-state index contributed by atoms with van der Waals surface area (Å²) in [6.07, 6.45) is -4.76. The van der Waals surface area contributed by atoms with Crippen LogP contribution in [0.25, 0.3) is 0 Å². The molecule has 2 aromatic rings. The molecule has 10 heteroatoms. The fraction of sp³-hybridized carbons (Fsp3) is 0.273. The zero-order chi connectivity index (χ0) is 23.6. The summed E-state index contributed by atoms with van der Waals surface area (Å²) in [5.41, 5.74) is -1.04. The molecule has 2 heterocycles. The molecule has 0 aliphatic carbocycles. The van der Waals surface area contributed by atoms with E-state index in [2.05, 4.69) is 0 Å². The van der Waals surface area contributed by atoms with E-state index < -0.39 is 28.7 Å². The Hall–Kier alpha value is -3.45. The molecule has 0 aromatic heterocycles. The van der Waals surface area contributed by atoms with Crippen LogP contribution in [0.3, 0.4) is 0 Å². The molecule has 6 nitrogen and oxygen atoms in total. The highest BCUT2D eigenvalue weighted by Crippen LogP contribution is 2.40. The molecule has 0 unspecified atom stereocenters. The van der Waals surface area contributed by atoms with Gasteiger partial charge in [0, 0.05) is 24.8 Å². The van der Waals surface area contributed by atoms with E-state index in [1.54, 1.807) is 48.9 Å². The van der Waals surface area contributed by atoms with Crippen molar-refractivity contribution in [2.45, 2.75) is 32.1 Å². The number of nitriles is 1. The van der Waals surface area contributed by atoms with E-state index in [1.807, 2.05) is 0 Å². The number of thiocarbonyl (C=S) groups is 1. The zero-order valence-electron chi connectivity index (χ0n) is 17.3. The summed E-state index contributed by atoms with van der Waals surface area (Å²) in [6, 6.07) is 9.68. The van der Waals surface area contributed by atoms with Gasteiger partial charge >= 0.3 is 6.18 Å². The number of anilines is 2. The fourth-order valence-corrected chi connectivity index (χ4v) is 4.57. The molecule has 2 amide bonds. The van der Waals surface area contributed by atoms with Gasteiger partial charge in [0.25, 0.3) is 11.8 Å². The maximum Gasteiger partial charge on any atom is 0.417 e. The average molecular weight is 458 g/mol. The van der Waals surface area contributed by atoms with Crippen molar-refractivity contribution in [1.29, 1.82) is 5.26 Å². The van der Waals surface area contributed by atoms with Gasteiger partial charge in [0.05, 0.1) is 22.9 Å². The predicted molar refractivity (Wildman–Crippen MR) is 115 cm³/mol. The van der Waals surface area contributed by atoms with Crippen LogP contribution in [-0.2, 0) is 17.5 Å². The van der Waals surface area contributed by atoms with E-state index in [4.69, 9.17) is 17.5 Å². The van der Waals surface area contributed by atoms with E-state index in [1.165, 1.54) is 12.1 Å². The number of alkyl halides is 3. The van der Waals surface area contributed by atoms with Gasteiger partial charge < -0.3 is 9.80 Å². The number of halogens is 3. The lowest BCUT2D eigenvalue weighted by Crippen LogP contribution is -2.44. The summed E-state index contributed by atoms with van der Waals surface area (Å²) in [4.78, 5) is 29.6. The molecule has 0 N–H and O–H groups in total. The van der Waals surface area contributed by atoms with Gasteiger partial charge in [-0.1, -0.05) is 0 Å². The normalized spacial score (nSPS) is 17.8. The van der Waals surface area contributed by atoms with Crippen molar-refractivity contribution in [3.63, 3.8) is 0 Å². The first-order valence-electron chi connectivity index (χ1n) is 9.56. The van der Waals surface area contributed by atoms with Gasteiger partial charge in [0.2, 0.25) is 0 Å². The third kappa shape index (κ3) is 3.12. The summed E-state index contributed by atoms with van der Waals surface area (Å²) >= 11 is 5.53. The minimum Gasteiger partial charge on any atom is -0.337 e. The molecule has 1 saturated heterocycles. The highest BCUT2D eigenvalue weighted by Gasteiger charge is 2.51. The summed E-state index contributed by atoms with van der Waals surface area (Å²) in [6.45, 7) is 3.66. The van der Waals surface area contributed by atoms with Crippen molar-refractivity contribution in [3.05, 3.63) is 58.7 Å². The molecular weight excluding hydrogens is 441 g/mol. The lowest BCUT2D eigenvalue weighted by Gasteiger charge is -2.29. The smallest absolute Gasteiger partial charge is 0.337 e. The van der Waals surface area contributed by atoms with Gasteiger partial charge in [0.1, 0.15) is 5.54 Å². The Morgan fingerprint density at radius 3 is 2.38 bits per heavy atom. The molecule has 0 bridgehead atoms. The van der Waals surface area contributed by atoms with Crippen LogP contribution in [0.4, 0.5) is 24.5 Å². The van der Waals surface area contributed by atoms with Crippen LogP contribution < -0.4 is 9.80 Å². The third-order valence-corrected chi connectivity index (χ3v) is 6.05. The van der Waals surface area contributed by atoms with Gasteiger partial charge in [-0.3, -0.25) is 14.5 Å². The topological polar surface area (TPSA) is 67.7 Å². The highest BCUT2D eigenvalue weighted by molar-refractivity contribution is 7.81. The third-order valence-electron chi connectivity index (χ3n) is 5.69. The molecule has 0 spiro atoms. The molecule has 0 saturated carbocycles. The lowest BCUT2D eigenvalue weighted by molar-refractivity contribution is -0.137. The second-order valence-corrected chi connectivity index (χ2v) is 8.52. The minimum atomic E-state index is -4.76. The van der Waals surface area contributed by atoms with Crippen molar-refractivity contribution in [2.24, 2.45) is 0 Å². The van der Waals surface area contributed by atoms with Crippen LogP contribution in [0.2, 0.25) is 0 Å². The molecule has 4 rings (SSSR count). The first-order chi connectivity index (χ1) is 14.9. The van der Waals surface area contributed by atoms with Gasteiger partial charge in [-0.15, -0.1) is 0 Å². The standard InChI is InChI=1S/C22H17F3N4O2S/c1-21(2)19(31)28(14-5-4-12(10-26)17(9-14)22(23,24)25)20(32)29(21)15-6-7-16-13(8-15)11-27(3)18(16)30/h4-9H,11H2,1-3H3. The molecule has 2 aromatic carbocycles. The second kappa shape index (κ2) is 7.03. The van der Waals surface area contributed by atoms with E-state index in [-0.39, 0.29) is 16.7 Å². The Bertz CT molecular complexity index is 1230. The fourth-order valence-electron chi connectivity index (χ4n) is 4.05. The molecule has 164 valence electrons. The summed E-state index contributed by atoms with van der Waals surface area (Å²) < 4.78 is 40.4. The van der Waals surface area contributed by atoms with Gasteiger partial charge in [-0.25, -0.2) is 0 Å². The number of fused-ring (bicyclic) bond motifs is 1. The first kappa shape index (κ1) is 21.8. The van der Waals surface area contributed by atoms with Crippen LogP contribution in [0.15, 0.2) is 36.4 Å². The SMILES string of the molecule is CN1Cc2cc(N3C(=S)N(c4ccc(C#N)c(C(F)(F)F)c4)C(=O)C3(C)C)ccc2C1=O. The van der Waals surface area contributed by atoms with Crippen molar-refractivity contribution in [3.8, 4) is 6.07 Å². The lowest BCUT2D eigenvalue weighted by atomic mass is 10.0. The van der Waals surface area contributed by atoms with Gasteiger partial charge in [-0.2, -0.15) is 18.4 Å². The van der Waals surface area contributed by atoms with Crippen molar-refractivity contribution in [1.82, 2.24) is 4.90 Å². The number of nitrogens with zero attached hydrogens (tertiary/aromatic N) is 4. The summed E-state index contributed by atoms with van der Waals surface area (Å²) in [5.74, 6) is -0.612. The maximum atomic E-state index is 13.5. The second-order valence-electron chi connectivity index (χ2n) is 8.16. The van der Waals surface area contributed by atoms with Crippen LogP contribution >= 0.6 is 12.2 Å². The Labute approximate surface area is 187 Å². The summed E-state index contributed by atoms with van der Waals surface area (Å²) in [7, 11) is 1.68.